The van der Waals surface area contributed by atoms with Crippen LogP contribution in [-0.2, 0) is 9.53 Å². The molecule has 148 valence electrons. The Morgan fingerprint density at radius 1 is 1.36 bits per heavy atom. The molecule has 0 saturated carbocycles. The summed E-state index contributed by atoms with van der Waals surface area (Å²) < 4.78 is 5.83. The van der Waals surface area contributed by atoms with Crippen molar-refractivity contribution in [1.29, 1.82) is 0 Å². The van der Waals surface area contributed by atoms with Crippen LogP contribution < -0.4 is 10.6 Å². The van der Waals surface area contributed by atoms with E-state index in [9.17, 15) is 4.79 Å². The number of guanidine groups is 1. The van der Waals surface area contributed by atoms with Crippen LogP contribution in [0.25, 0.3) is 0 Å². The molecule has 0 radical (unpaired) electrons. The van der Waals surface area contributed by atoms with Crippen molar-refractivity contribution in [2.75, 3.05) is 60.0 Å². The zero-order valence-electron chi connectivity index (χ0n) is 16.4. The minimum atomic E-state index is 0. The Morgan fingerprint density at radius 3 is 2.68 bits per heavy atom. The van der Waals surface area contributed by atoms with E-state index in [0.717, 1.165) is 38.7 Å². The molecule has 1 saturated heterocycles. The third kappa shape index (κ3) is 10.9. The first-order chi connectivity index (χ1) is 11.4. The molecule has 0 aromatic heterocycles. The highest BCUT2D eigenvalue weighted by Gasteiger charge is 2.20. The predicted molar refractivity (Wildman–Crippen MR) is 114 cm³/mol. The van der Waals surface area contributed by atoms with Crippen molar-refractivity contribution in [3.63, 3.8) is 0 Å². The number of carbonyl (C=O) groups excluding carboxylic acids is 1. The van der Waals surface area contributed by atoms with Crippen LogP contribution in [0.5, 0.6) is 0 Å². The van der Waals surface area contributed by atoms with Gasteiger partial charge >= 0.3 is 0 Å². The number of hydrogen-bond donors (Lipinski definition) is 2. The van der Waals surface area contributed by atoms with Gasteiger partial charge in [0.1, 0.15) is 0 Å². The van der Waals surface area contributed by atoms with Gasteiger partial charge in [-0.05, 0) is 12.8 Å². The molecule has 0 aromatic rings. The summed E-state index contributed by atoms with van der Waals surface area (Å²) in [4.78, 5) is 20.3. The Morgan fingerprint density at radius 2 is 2.08 bits per heavy atom. The first-order valence-corrected chi connectivity index (χ1v) is 8.98. The molecule has 1 rings (SSSR count). The number of nitrogens with zero attached hydrogens (tertiary/aromatic N) is 3. The molecule has 7 nitrogen and oxygen atoms in total. The summed E-state index contributed by atoms with van der Waals surface area (Å²) in [6.45, 7) is 12.3. The van der Waals surface area contributed by atoms with Crippen LogP contribution in [0.4, 0.5) is 0 Å². The number of ether oxygens (including phenoxy) is 1. The van der Waals surface area contributed by atoms with Gasteiger partial charge in [0.15, 0.2) is 5.96 Å². The quantitative estimate of drug-likeness (QED) is 0.316. The van der Waals surface area contributed by atoms with Crippen LogP contribution in [0.3, 0.4) is 0 Å². The number of morpholine rings is 1. The van der Waals surface area contributed by atoms with Crippen LogP contribution in [0.15, 0.2) is 4.99 Å². The second-order valence-electron chi connectivity index (χ2n) is 6.83. The summed E-state index contributed by atoms with van der Waals surface area (Å²) in [5.41, 5.74) is 0. The number of amides is 1. The van der Waals surface area contributed by atoms with Crippen molar-refractivity contribution in [3.8, 4) is 0 Å². The highest BCUT2D eigenvalue weighted by molar-refractivity contribution is 14.0. The van der Waals surface area contributed by atoms with E-state index < -0.39 is 0 Å². The fourth-order valence-electron chi connectivity index (χ4n) is 2.62. The Bertz CT molecular complexity index is 404. The lowest BCUT2D eigenvalue weighted by molar-refractivity contribution is -0.128. The van der Waals surface area contributed by atoms with Crippen molar-refractivity contribution in [2.24, 2.45) is 10.9 Å². The average Bonchev–Trinajstić information content (AvgIpc) is 2.52. The van der Waals surface area contributed by atoms with E-state index in [0.29, 0.717) is 25.4 Å². The molecule has 1 atom stereocenters. The van der Waals surface area contributed by atoms with Gasteiger partial charge in [-0.2, -0.15) is 0 Å². The molecular formula is C17H36IN5O2. The summed E-state index contributed by atoms with van der Waals surface area (Å²) in [6, 6.07) is 0. The molecule has 1 aliphatic heterocycles. The number of hydrogen-bond acceptors (Lipinski definition) is 4. The molecule has 8 heteroatoms. The smallest absolute Gasteiger partial charge is 0.223 e. The van der Waals surface area contributed by atoms with Crippen LogP contribution in [0.2, 0.25) is 0 Å². The fourth-order valence-corrected chi connectivity index (χ4v) is 2.62. The van der Waals surface area contributed by atoms with Gasteiger partial charge in [-0.25, -0.2) is 0 Å². The summed E-state index contributed by atoms with van der Waals surface area (Å²) in [6.07, 6.45) is 0.593. The van der Waals surface area contributed by atoms with E-state index in [4.69, 9.17) is 4.74 Å². The van der Waals surface area contributed by atoms with Gasteiger partial charge in [-0.1, -0.05) is 13.8 Å². The molecule has 1 fully saturated rings. The topological polar surface area (TPSA) is 69.2 Å². The zero-order chi connectivity index (χ0) is 17.9. The van der Waals surface area contributed by atoms with Crippen molar-refractivity contribution in [2.45, 2.75) is 33.3 Å². The zero-order valence-corrected chi connectivity index (χ0v) is 18.7. The molecule has 0 aromatic carbocycles. The largest absolute Gasteiger partial charge is 0.374 e. The van der Waals surface area contributed by atoms with Crippen LogP contribution in [-0.4, -0.2) is 87.7 Å². The lowest BCUT2D eigenvalue weighted by Gasteiger charge is -2.33. The predicted octanol–water partition coefficient (Wildman–Crippen LogP) is 0.995. The molecule has 1 heterocycles. The summed E-state index contributed by atoms with van der Waals surface area (Å²) >= 11 is 0. The fraction of sp³-hybridized carbons (Fsp3) is 0.882. The van der Waals surface area contributed by atoms with E-state index in [-0.39, 0.29) is 36.0 Å². The Kier molecular flexibility index (Phi) is 13.2. The minimum absolute atomic E-state index is 0. The van der Waals surface area contributed by atoms with Crippen molar-refractivity contribution in [3.05, 3.63) is 0 Å². The maximum atomic E-state index is 11.6. The molecule has 0 aliphatic carbocycles. The minimum Gasteiger partial charge on any atom is -0.374 e. The Balaban J connectivity index is 0.00000576. The van der Waals surface area contributed by atoms with Crippen LogP contribution in [0, 0.1) is 5.92 Å². The van der Waals surface area contributed by atoms with Gasteiger partial charge in [-0.3, -0.25) is 14.7 Å². The van der Waals surface area contributed by atoms with E-state index in [2.05, 4.69) is 34.4 Å². The molecule has 0 spiro atoms. The van der Waals surface area contributed by atoms with Crippen LogP contribution in [0.1, 0.15) is 27.2 Å². The maximum Gasteiger partial charge on any atom is 0.223 e. The molecular weight excluding hydrogens is 433 g/mol. The molecule has 0 bridgehead atoms. The number of carbonyl (C=O) groups is 1. The molecule has 1 amide bonds. The van der Waals surface area contributed by atoms with E-state index in [1.165, 1.54) is 0 Å². The molecule has 1 aliphatic rings. The SMILES string of the molecule is CCNC(=NCC1CN(CC(C)C)CCO1)NCCC(=O)N(C)C.I. The van der Waals surface area contributed by atoms with Gasteiger partial charge in [0.25, 0.3) is 0 Å². The monoisotopic (exact) mass is 469 g/mol. The van der Waals surface area contributed by atoms with E-state index >= 15 is 0 Å². The van der Waals surface area contributed by atoms with E-state index in [1.54, 1.807) is 19.0 Å². The summed E-state index contributed by atoms with van der Waals surface area (Å²) in [5, 5.41) is 6.43. The van der Waals surface area contributed by atoms with Crippen molar-refractivity contribution in [1.82, 2.24) is 20.4 Å². The number of nitrogens with one attached hydrogen (secondary N) is 2. The standard InChI is InChI=1S/C17H35N5O2.HI/c1-6-18-17(19-8-7-16(23)21(4)5)20-11-15-13-22(9-10-24-15)12-14(2)3;/h14-15H,6-13H2,1-5H3,(H2,18,19,20);1H. The summed E-state index contributed by atoms with van der Waals surface area (Å²) in [5.74, 6) is 1.52. The average molecular weight is 469 g/mol. The third-order valence-electron chi connectivity index (χ3n) is 3.77. The number of aliphatic imine (C=N–C) groups is 1. The third-order valence-corrected chi connectivity index (χ3v) is 3.77. The lowest BCUT2D eigenvalue weighted by Crippen LogP contribution is -2.46. The molecule has 25 heavy (non-hydrogen) atoms. The van der Waals surface area contributed by atoms with Gasteiger partial charge in [-0.15, -0.1) is 24.0 Å². The first kappa shape index (κ1) is 24.4. The highest BCUT2D eigenvalue weighted by atomic mass is 127. The van der Waals surface area contributed by atoms with Gasteiger partial charge in [0, 0.05) is 53.2 Å². The lowest BCUT2D eigenvalue weighted by atomic mass is 10.2. The second kappa shape index (κ2) is 13.6. The van der Waals surface area contributed by atoms with Gasteiger partial charge in [0.05, 0.1) is 19.3 Å². The first-order valence-electron chi connectivity index (χ1n) is 8.98. The normalized spacial score (nSPS) is 18.6. The number of halogens is 1. The Hall–Kier alpha value is -0.610. The molecule has 2 N–H and O–H groups in total. The second-order valence-corrected chi connectivity index (χ2v) is 6.83. The maximum absolute atomic E-state index is 11.6. The van der Waals surface area contributed by atoms with Gasteiger partial charge < -0.3 is 20.3 Å². The van der Waals surface area contributed by atoms with Crippen LogP contribution >= 0.6 is 24.0 Å². The van der Waals surface area contributed by atoms with Gasteiger partial charge in [0.2, 0.25) is 5.91 Å². The summed E-state index contributed by atoms with van der Waals surface area (Å²) in [7, 11) is 3.54. The molecule has 1 unspecified atom stereocenters. The van der Waals surface area contributed by atoms with Crippen molar-refractivity contribution >= 4 is 35.8 Å². The number of rotatable bonds is 8. The Labute approximate surface area is 170 Å². The van der Waals surface area contributed by atoms with E-state index in [1.807, 2.05) is 6.92 Å². The van der Waals surface area contributed by atoms with Crippen molar-refractivity contribution < 1.29 is 9.53 Å². The highest BCUT2D eigenvalue weighted by Crippen LogP contribution is 2.08.